The zero-order valence-corrected chi connectivity index (χ0v) is 15.2. The molecule has 0 saturated carbocycles. The van der Waals surface area contributed by atoms with Crippen molar-refractivity contribution in [3.8, 4) is 11.5 Å². The SMILES string of the molecule is COc1cccc(/C=C2\CCc3c2nc2ccccc2c3C(=O)O)c1OC. The molecule has 3 aromatic rings. The summed E-state index contributed by atoms with van der Waals surface area (Å²) in [5.74, 6) is 0.396. The van der Waals surface area contributed by atoms with E-state index in [1.807, 2.05) is 48.5 Å². The van der Waals surface area contributed by atoms with Gasteiger partial charge in [0.1, 0.15) is 0 Å². The summed E-state index contributed by atoms with van der Waals surface area (Å²) >= 11 is 0. The highest BCUT2D eigenvalue weighted by molar-refractivity contribution is 6.06. The molecule has 27 heavy (non-hydrogen) atoms. The van der Waals surface area contributed by atoms with E-state index in [9.17, 15) is 9.90 Å². The molecule has 0 bridgehead atoms. The molecule has 1 aliphatic rings. The number of ether oxygens (including phenoxy) is 2. The van der Waals surface area contributed by atoms with Crippen LogP contribution in [0.4, 0.5) is 0 Å². The molecule has 0 fully saturated rings. The van der Waals surface area contributed by atoms with Gasteiger partial charge in [0, 0.05) is 10.9 Å². The van der Waals surface area contributed by atoms with Crippen molar-refractivity contribution in [3.63, 3.8) is 0 Å². The van der Waals surface area contributed by atoms with Crippen LogP contribution in [0.2, 0.25) is 0 Å². The number of benzene rings is 2. The number of carboxylic acids is 1. The first-order chi connectivity index (χ1) is 13.1. The first kappa shape index (κ1) is 17.1. The number of methoxy groups -OCH3 is 2. The van der Waals surface area contributed by atoms with Crippen molar-refractivity contribution >= 4 is 28.5 Å². The standard InChI is InChI=1S/C22H19NO4/c1-26-18-9-5-6-14(21(18)27-2)12-13-10-11-16-19(22(24)25)15-7-3-4-8-17(15)23-20(13)16/h3-9,12H,10-11H2,1-2H3,(H,24,25)/b13-12+. The maximum atomic E-state index is 11.9. The number of hydrogen-bond acceptors (Lipinski definition) is 4. The van der Waals surface area contributed by atoms with Crippen molar-refractivity contribution in [1.29, 1.82) is 0 Å². The maximum Gasteiger partial charge on any atom is 0.336 e. The molecule has 1 aromatic heterocycles. The number of fused-ring (bicyclic) bond motifs is 2. The maximum absolute atomic E-state index is 11.9. The Bertz CT molecular complexity index is 1090. The number of hydrogen-bond donors (Lipinski definition) is 1. The fourth-order valence-corrected chi connectivity index (χ4v) is 3.74. The van der Waals surface area contributed by atoms with E-state index in [-0.39, 0.29) is 0 Å². The summed E-state index contributed by atoms with van der Waals surface area (Å²) in [6, 6.07) is 13.1. The molecule has 0 unspecified atom stereocenters. The number of carboxylic acid groups (broad SMARTS) is 1. The van der Waals surface area contributed by atoms with E-state index < -0.39 is 5.97 Å². The second kappa shape index (κ2) is 6.76. The number of aromatic nitrogens is 1. The van der Waals surface area contributed by atoms with Gasteiger partial charge >= 0.3 is 5.97 Å². The van der Waals surface area contributed by atoms with Crippen LogP contribution in [0.25, 0.3) is 22.6 Å². The molecule has 1 aliphatic carbocycles. The lowest BCUT2D eigenvalue weighted by atomic mass is 10.0. The third-order valence-electron chi connectivity index (χ3n) is 4.92. The molecule has 0 atom stereocenters. The van der Waals surface area contributed by atoms with E-state index in [2.05, 4.69) is 0 Å². The summed E-state index contributed by atoms with van der Waals surface area (Å²) in [5.41, 5.74) is 4.50. The fourth-order valence-electron chi connectivity index (χ4n) is 3.74. The summed E-state index contributed by atoms with van der Waals surface area (Å²) in [5, 5.41) is 10.5. The van der Waals surface area contributed by atoms with Crippen LogP contribution < -0.4 is 9.47 Å². The van der Waals surface area contributed by atoms with Crippen LogP contribution in [0.1, 0.15) is 33.6 Å². The van der Waals surface area contributed by atoms with Gasteiger partial charge in [0.2, 0.25) is 0 Å². The van der Waals surface area contributed by atoms with Crippen LogP contribution >= 0.6 is 0 Å². The van der Waals surface area contributed by atoms with Crippen molar-refractivity contribution in [2.75, 3.05) is 14.2 Å². The predicted molar refractivity (Wildman–Crippen MR) is 104 cm³/mol. The van der Waals surface area contributed by atoms with Gasteiger partial charge in [-0.05, 0) is 42.2 Å². The van der Waals surface area contributed by atoms with Crippen LogP contribution in [-0.4, -0.2) is 30.3 Å². The van der Waals surface area contributed by atoms with E-state index in [0.717, 1.165) is 28.8 Å². The minimum Gasteiger partial charge on any atom is -0.493 e. The highest BCUT2D eigenvalue weighted by Crippen LogP contribution is 2.40. The molecule has 0 spiro atoms. The lowest BCUT2D eigenvalue weighted by Gasteiger charge is -2.11. The van der Waals surface area contributed by atoms with Crippen molar-refractivity contribution in [2.24, 2.45) is 0 Å². The van der Waals surface area contributed by atoms with Gasteiger partial charge < -0.3 is 14.6 Å². The van der Waals surface area contributed by atoms with E-state index in [1.54, 1.807) is 14.2 Å². The quantitative estimate of drug-likeness (QED) is 0.744. The molecule has 5 nitrogen and oxygen atoms in total. The normalized spacial score (nSPS) is 14.4. The largest absolute Gasteiger partial charge is 0.493 e. The summed E-state index contributed by atoms with van der Waals surface area (Å²) in [6.07, 6.45) is 3.41. The third kappa shape index (κ3) is 2.81. The lowest BCUT2D eigenvalue weighted by molar-refractivity contribution is 0.0698. The van der Waals surface area contributed by atoms with Gasteiger partial charge in [-0.3, -0.25) is 0 Å². The minimum atomic E-state index is -0.912. The number of pyridine rings is 1. The summed E-state index contributed by atoms with van der Waals surface area (Å²) in [6.45, 7) is 0. The summed E-state index contributed by atoms with van der Waals surface area (Å²) in [4.78, 5) is 16.7. The van der Waals surface area contributed by atoms with Crippen molar-refractivity contribution in [3.05, 3.63) is 64.8 Å². The molecule has 4 rings (SSSR count). The molecule has 0 saturated heterocycles. The Balaban J connectivity index is 1.92. The number of carbonyl (C=O) groups is 1. The van der Waals surface area contributed by atoms with E-state index >= 15 is 0 Å². The van der Waals surface area contributed by atoms with E-state index in [0.29, 0.717) is 34.4 Å². The van der Waals surface area contributed by atoms with Crippen LogP contribution in [0.5, 0.6) is 11.5 Å². The Morgan fingerprint density at radius 2 is 1.89 bits per heavy atom. The van der Waals surface area contributed by atoms with Crippen LogP contribution in [0.15, 0.2) is 42.5 Å². The van der Waals surface area contributed by atoms with Crippen molar-refractivity contribution in [1.82, 2.24) is 4.98 Å². The predicted octanol–water partition coefficient (Wildman–Crippen LogP) is 4.44. The monoisotopic (exact) mass is 361 g/mol. The minimum absolute atomic E-state index is 0.358. The molecule has 0 amide bonds. The Kier molecular flexibility index (Phi) is 4.28. The molecule has 5 heteroatoms. The Morgan fingerprint density at radius 1 is 1.07 bits per heavy atom. The van der Waals surface area contributed by atoms with Gasteiger partial charge in [-0.2, -0.15) is 0 Å². The van der Waals surface area contributed by atoms with Gasteiger partial charge in [0.15, 0.2) is 11.5 Å². The smallest absolute Gasteiger partial charge is 0.336 e. The van der Waals surface area contributed by atoms with E-state index in [1.165, 1.54) is 0 Å². The highest BCUT2D eigenvalue weighted by Gasteiger charge is 2.26. The summed E-state index contributed by atoms with van der Waals surface area (Å²) in [7, 11) is 3.21. The molecule has 1 N–H and O–H groups in total. The molecule has 1 heterocycles. The van der Waals surface area contributed by atoms with Crippen molar-refractivity contribution < 1.29 is 19.4 Å². The number of aromatic carboxylic acids is 1. The molecular formula is C22H19NO4. The highest BCUT2D eigenvalue weighted by atomic mass is 16.5. The number of para-hydroxylation sites is 2. The Morgan fingerprint density at radius 3 is 2.63 bits per heavy atom. The Hall–Kier alpha value is -3.34. The molecule has 2 aromatic carbocycles. The number of rotatable bonds is 4. The van der Waals surface area contributed by atoms with Crippen LogP contribution in [-0.2, 0) is 6.42 Å². The fraction of sp³-hybridized carbons (Fsp3) is 0.182. The molecule has 0 radical (unpaired) electrons. The third-order valence-corrected chi connectivity index (χ3v) is 4.92. The van der Waals surface area contributed by atoms with Gasteiger partial charge in [-0.15, -0.1) is 0 Å². The molecular weight excluding hydrogens is 342 g/mol. The summed E-state index contributed by atoms with van der Waals surface area (Å²) < 4.78 is 10.9. The average molecular weight is 361 g/mol. The molecule has 0 aliphatic heterocycles. The Labute approximate surface area is 156 Å². The number of nitrogens with zero attached hydrogens (tertiary/aromatic N) is 1. The van der Waals surface area contributed by atoms with E-state index in [4.69, 9.17) is 14.5 Å². The number of allylic oxidation sites excluding steroid dienone is 1. The molecule has 136 valence electrons. The lowest BCUT2D eigenvalue weighted by Crippen LogP contribution is -2.05. The zero-order valence-electron chi connectivity index (χ0n) is 15.2. The second-order valence-electron chi connectivity index (χ2n) is 6.39. The van der Waals surface area contributed by atoms with Crippen LogP contribution in [0, 0.1) is 0 Å². The van der Waals surface area contributed by atoms with Gasteiger partial charge in [0.25, 0.3) is 0 Å². The van der Waals surface area contributed by atoms with Crippen molar-refractivity contribution in [2.45, 2.75) is 12.8 Å². The first-order valence-electron chi connectivity index (χ1n) is 8.71. The van der Waals surface area contributed by atoms with Gasteiger partial charge in [-0.25, -0.2) is 9.78 Å². The average Bonchev–Trinajstić information content (AvgIpc) is 3.07. The van der Waals surface area contributed by atoms with Gasteiger partial charge in [0.05, 0.1) is 31.0 Å². The first-order valence-corrected chi connectivity index (χ1v) is 8.71. The zero-order chi connectivity index (χ0) is 19.0. The second-order valence-corrected chi connectivity index (χ2v) is 6.39. The topological polar surface area (TPSA) is 68.7 Å². The van der Waals surface area contributed by atoms with Gasteiger partial charge in [-0.1, -0.05) is 30.3 Å². The van der Waals surface area contributed by atoms with Crippen LogP contribution in [0.3, 0.4) is 0 Å².